The molecule has 0 bridgehead atoms. The van der Waals surface area contributed by atoms with E-state index in [0.717, 1.165) is 53.8 Å². The number of pyridine rings is 1. The highest BCUT2D eigenvalue weighted by molar-refractivity contribution is 7.84. The van der Waals surface area contributed by atoms with Crippen LogP contribution >= 0.6 is 12.6 Å². The molecule has 0 saturated heterocycles. The molecule has 2 aliphatic carbocycles. The van der Waals surface area contributed by atoms with E-state index in [4.69, 9.17) is 12.6 Å². The number of unbranched alkanes of at least 4 members (excludes halogenated alkanes) is 1. The molecule has 2 aromatic rings. The SMILES string of the molecule is CC/C(S)=C(/C1=CC=CCC=C1)c1c(C2CC2)n(Cc2ccccc2)ccc1=O.CCCC. The molecule has 3 heteroatoms. The van der Waals surface area contributed by atoms with E-state index in [-0.39, 0.29) is 5.43 Å². The van der Waals surface area contributed by atoms with Crippen molar-refractivity contribution in [3.63, 3.8) is 0 Å². The number of thiol groups is 1. The number of benzene rings is 1. The fourth-order valence-electron chi connectivity index (χ4n) is 3.93. The summed E-state index contributed by atoms with van der Waals surface area (Å²) >= 11 is 4.83. The van der Waals surface area contributed by atoms with E-state index in [1.54, 1.807) is 6.07 Å². The summed E-state index contributed by atoms with van der Waals surface area (Å²) in [7, 11) is 0. The molecule has 174 valence electrons. The zero-order valence-electron chi connectivity index (χ0n) is 20.3. The summed E-state index contributed by atoms with van der Waals surface area (Å²) in [6.07, 6.45) is 19.2. The van der Waals surface area contributed by atoms with Gasteiger partial charge in [-0.3, -0.25) is 4.79 Å². The maximum absolute atomic E-state index is 13.2. The van der Waals surface area contributed by atoms with Crippen LogP contribution in [0.5, 0.6) is 0 Å². The van der Waals surface area contributed by atoms with Gasteiger partial charge >= 0.3 is 0 Å². The van der Waals surface area contributed by atoms with E-state index in [1.807, 2.05) is 12.3 Å². The molecule has 33 heavy (non-hydrogen) atoms. The molecule has 0 unspecified atom stereocenters. The largest absolute Gasteiger partial charge is 0.346 e. The van der Waals surface area contributed by atoms with Crippen molar-refractivity contribution in [2.24, 2.45) is 0 Å². The van der Waals surface area contributed by atoms with Crippen LogP contribution in [0, 0.1) is 0 Å². The summed E-state index contributed by atoms with van der Waals surface area (Å²) in [5.41, 5.74) is 5.40. The van der Waals surface area contributed by atoms with Crippen LogP contribution in [-0.2, 0) is 6.54 Å². The Balaban J connectivity index is 0.000000709. The molecule has 0 aliphatic heterocycles. The fraction of sp³-hybridized carbons (Fsp3) is 0.367. The smallest absolute Gasteiger partial charge is 0.189 e. The molecule has 1 aromatic heterocycles. The van der Waals surface area contributed by atoms with Gasteiger partial charge in [0.25, 0.3) is 0 Å². The minimum absolute atomic E-state index is 0.0914. The van der Waals surface area contributed by atoms with Gasteiger partial charge in [0.05, 0.1) is 5.56 Å². The molecule has 0 spiro atoms. The average Bonchev–Trinajstić information content (AvgIpc) is 3.70. The van der Waals surface area contributed by atoms with Crippen molar-refractivity contribution >= 4 is 18.2 Å². The molecular weight excluding hydrogens is 422 g/mol. The predicted molar refractivity (Wildman–Crippen MR) is 146 cm³/mol. The molecule has 0 amide bonds. The zero-order valence-corrected chi connectivity index (χ0v) is 21.2. The van der Waals surface area contributed by atoms with Gasteiger partial charge in [-0.05, 0) is 41.7 Å². The van der Waals surface area contributed by atoms with Crippen LogP contribution in [0.4, 0.5) is 0 Å². The van der Waals surface area contributed by atoms with Crippen molar-refractivity contribution < 1.29 is 0 Å². The Morgan fingerprint density at radius 3 is 2.39 bits per heavy atom. The van der Waals surface area contributed by atoms with Gasteiger partial charge in [-0.15, -0.1) is 12.6 Å². The van der Waals surface area contributed by atoms with Gasteiger partial charge in [-0.25, -0.2) is 0 Å². The highest BCUT2D eigenvalue weighted by Crippen LogP contribution is 2.44. The topological polar surface area (TPSA) is 22.0 Å². The number of nitrogens with zero attached hydrogens (tertiary/aromatic N) is 1. The van der Waals surface area contributed by atoms with Crippen LogP contribution in [0.25, 0.3) is 5.57 Å². The fourth-order valence-corrected chi connectivity index (χ4v) is 4.17. The molecule has 0 N–H and O–H groups in total. The molecule has 1 aromatic carbocycles. The predicted octanol–water partition coefficient (Wildman–Crippen LogP) is 8.07. The summed E-state index contributed by atoms with van der Waals surface area (Å²) in [6.45, 7) is 7.23. The lowest BCUT2D eigenvalue weighted by Gasteiger charge is -2.21. The number of allylic oxidation sites excluding steroid dienone is 8. The summed E-state index contributed by atoms with van der Waals surface area (Å²) in [5.74, 6) is 0.446. The summed E-state index contributed by atoms with van der Waals surface area (Å²) in [5, 5.41) is 0. The third-order valence-corrected chi connectivity index (χ3v) is 6.56. The molecule has 4 rings (SSSR count). The van der Waals surface area contributed by atoms with Gasteiger partial charge in [-0.2, -0.15) is 0 Å². The van der Waals surface area contributed by atoms with Crippen LogP contribution < -0.4 is 5.43 Å². The van der Waals surface area contributed by atoms with E-state index < -0.39 is 0 Å². The minimum atomic E-state index is 0.0914. The Morgan fingerprint density at radius 1 is 1.03 bits per heavy atom. The monoisotopic (exact) mass is 459 g/mol. The first kappa shape index (κ1) is 25.1. The standard InChI is InChI=1S/C26H27NOS.C4H10/c1-2-23(29)24(20-12-8-3-4-9-13-20)25-22(28)16-17-27(26(25)21-14-15-21)18-19-10-6-5-7-11-19;1-3-4-2/h3,5-13,16-17,21,29H,2,4,14-15,18H2,1H3;3-4H2,1-2H3/b24-23+;. The number of rotatable bonds is 7. The summed E-state index contributed by atoms with van der Waals surface area (Å²) in [4.78, 5) is 14.2. The molecule has 0 atom stereocenters. The second-order valence-electron chi connectivity index (χ2n) is 8.69. The normalized spacial score (nSPS) is 15.8. The van der Waals surface area contributed by atoms with Crippen LogP contribution in [0.15, 0.2) is 88.2 Å². The van der Waals surface area contributed by atoms with Crippen LogP contribution in [0.2, 0.25) is 0 Å². The van der Waals surface area contributed by atoms with Crippen molar-refractivity contribution in [1.82, 2.24) is 4.57 Å². The van der Waals surface area contributed by atoms with E-state index in [0.29, 0.717) is 5.92 Å². The van der Waals surface area contributed by atoms with Gasteiger partial charge < -0.3 is 4.57 Å². The lowest BCUT2D eigenvalue weighted by molar-refractivity contribution is 0.723. The Bertz CT molecular complexity index is 1100. The molecule has 2 nitrogen and oxygen atoms in total. The molecule has 1 saturated carbocycles. The molecule has 0 radical (unpaired) electrons. The van der Waals surface area contributed by atoms with Crippen molar-refractivity contribution in [2.75, 3.05) is 0 Å². The van der Waals surface area contributed by atoms with Gasteiger partial charge in [0.15, 0.2) is 5.43 Å². The van der Waals surface area contributed by atoms with Crippen molar-refractivity contribution in [3.05, 3.63) is 110 Å². The van der Waals surface area contributed by atoms with Crippen molar-refractivity contribution in [3.8, 4) is 0 Å². The maximum atomic E-state index is 13.2. The molecule has 1 fully saturated rings. The minimum Gasteiger partial charge on any atom is -0.346 e. The zero-order chi connectivity index (χ0) is 23.6. The van der Waals surface area contributed by atoms with Gasteiger partial charge in [0, 0.05) is 36.0 Å². The second kappa shape index (κ2) is 12.6. The van der Waals surface area contributed by atoms with Crippen LogP contribution in [0.1, 0.15) is 82.0 Å². The van der Waals surface area contributed by atoms with Crippen LogP contribution in [-0.4, -0.2) is 4.57 Å². The van der Waals surface area contributed by atoms with Crippen molar-refractivity contribution in [1.29, 1.82) is 0 Å². The number of hydrogen-bond donors (Lipinski definition) is 1. The van der Waals surface area contributed by atoms with E-state index in [1.165, 1.54) is 24.1 Å². The van der Waals surface area contributed by atoms with Gasteiger partial charge in [0.1, 0.15) is 0 Å². The van der Waals surface area contributed by atoms with Crippen LogP contribution in [0.3, 0.4) is 0 Å². The van der Waals surface area contributed by atoms with Gasteiger partial charge in [0.2, 0.25) is 0 Å². The Morgan fingerprint density at radius 2 is 1.76 bits per heavy atom. The Hall–Kier alpha value is -2.52. The molecule has 2 aliphatic rings. The summed E-state index contributed by atoms with van der Waals surface area (Å²) < 4.78 is 2.28. The average molecular weight is 460 g/mol. The highest BCUT2D eigenvalue weighted by Gasteiger charge is 2.32. The third kappa shape index (κ3) is 6.74. The number of hydrogen-bond acceptors (Lipinski definition) is 2. The lowest BCUT2D eigenvalue weighted by atomic mass is 9.92. The quantitative estimate of drug-likeness (QED) is 0.415. The first-order valence-corrected chi connectivity index (χ1v) is 12.8. The van der Waals surface area contributed by atoms with E-state index in [9.17, 15) is 4.79 Å². The molecular formula is C30H37NOS. The molecule has 1 heterocycles. The maximum Gasteiger partial charge on any atom is 0.189 e. The third-order valence-electron chi connectivity index (χ3n) is 6.02. The first-order valence-electron chi connectivity index (χ1n) is 12.3. The van der Waals surface area contributed by atoms with Gasteiger partial charge in [-0.1, -0.05) is 94.3 Å². The van der Waals surface area contributed by atoms with Crippen molar-refractivity contribution in [2.45, 2.75) is 71.8 Å². The summed E-state index contributed by atoms with van der Waals surface area (Å²) in [6, 6.07) is 12.2. The second-order valence-corrected chi connectivity index (χ2v) is 9.23. The Kier molecular flexibility index (Phi) is 9.62. The first-order chi connectivity index (χ1) is 16.1. The highest BCUT2D eigenvalue weighted by atomic mass is 32.1. The number of aromatic nitrogens is 1. The Labute approximate surface area is 204 Å². The van der Waals surface area contributed by atoms with E-state index in [2.05, 4.69) is 80.0 Å². The lowest BCUT2D eigenvalue weighted by Crippen LogP contribution is -2.19. The van der Waals surface area contributed by atoms with E-state index >= 15 is 0 Å².